The van der Waals surface area contributed by atoms with Crippen molar-refractivity contribution in [3.8, 4) is 11.6 Å². The Labute approximate surface area is 178 Å². The van der Waals surface area contributed by atoms with Crippen LogP contribution in [0, 0.1) is 6.92 Å². The van der Waals surface area contributed by atoms with Crippen LogP contribution in [0.5, 0.6) is 5.88 Å². The van der Waals surface area contributed by atoms with Gasteiger partial charge in [-0.25, -0.2) is 0 Å². The summed E-state index contributed by atoms with van der Waals surface area (Å²) < 4.78 is 6.81. The first-order valence-electron chi connectivity index (χ1n) is 9.20. The van der Waals surface area contributed by atoms with Crippen LogP contribution < -0.4 is 15.6 Å². The number of rotatable bonds is 6. The molecule has 3 rings (SSSR count). The van der Waals surface area contributed by atoms with Crippen LogP contribution in [0.1, 0.15) is 29.8 Å². The maximum Gasteiger partial charge on any atom is 0.271 e. The van der Waals surface area contributed by atoms with Crippen LogP contribution in [0.3, 0.4) is 0 Å². The van der Waals surface area contributed by atoms with Gasteiger partial charge in [0.05, 0.1) is 5.69 Å². The summed E-state index contributed by atoms with van der Waals surface area (Å²) in [6.07, 6.45) is -0.898. The van der Waals surface area contributed by atoms with Gasteiger partial charge in [-0.3, -0.25) is 14.4 Å². The minimum Gasteiger partial charge on any atom is -0.463 e. The van der Waals surface area contributed by atoms with Gasteiger partial charge < -0.3 is 10.1 Å². The quantitative estimate of drug-likeness (QED) is 0.606. The number of nitrogens with one attached hydrogen (secondary N) is 1. The molecular formula is C22H20ClN3O4. The van der Waals surface area contributed by atoms with Gasteiger partial charge in [-0.15, -0.1) is 5.10 Å². The van der Waals surface area contributed by atoms with Crippen LogP contribution in [-0.2, 0) is 4.79 Å². The molecule has 1 amide bonds. The van der Waals surface area contributed by atoms with Gasteiger partial charge in [0.2, 0.25) is 5.88 Å². The van der Waals surface area contributed by atoms with E-state index < -0.39 is 12.0 Å². The third-order valence-electron chi connectivity index (χ3n) is 4.38. The Balaban J connectivity index is 1.78. The molecule has 8 heteroatoms. The van der Waals surface area contributed by atoms with Gasteiger partial charge in [0.1, 0.15) is 0 Å². The SMILES string of the molecule is CC(=O)c1cccc(NC(=O)C(C)Oc2ccc(=O)n(-c3cc(Cl)ccc3C)n2)c1. The summed E-state index contributed by atoms with van der Waals surface area (Å²) >= 11 is 6.04. The number of carbonyl (C=O) groups is 2. The molecule has 0 aliphatic carbocycles. The highest BCUT2D eigenvalue weighted by Gasteiger charge is 2.17. The van der Waals surface area contributed by atoms with E-state index in [4.69, 9.17) is 16.3 Å². The van der Waals surface area contributed by atoms with E-state index in [0.29, 0.717) is 22.0 Å². The van der Waals surface area contributed by atoms with E-state index in [0.717, 1.165) is 5.56 Å². The van der Waals surface area contributed by atoms with Crippen molar-refractivity contribution in [2.45, 2.75) is 26.9 Å². The van der Waals surface area contributed by atoms with Crippen molar-refractivity contribution in [2.24, 2.45) is 0 Å². The Morgan fingerprint density at radius 2 is 1.90 bits per heavy atom. The minimum atomic E-state index is -0.898. The van der Waals surface area contributed by atoms with E-state index in [1.165, 1.54) is 23.7 Å². The first kappa shape index (κ1) is 21.3. The zero-order chi connectivity index (χ0) is 21.8. The number of anilines is 1. The summed E-state index contributed by atoms with van der Waals surface area (Å²) in [6.45, 7) is 4.85. The van der Waals surface area contributed by atoms with E-state index in [1.807, 2.05) is 6.92 Å². The maximum absolute atomic E-state index is 12.5. The Bertz CT molecular complexity index is 1170. The number of ketones is 1. The molecule has 0 spiro atoms. The third kappa shape index (κ3) is 4.93. The number of aromatic nitrogens is 2. The van der Waals surface area contributed by atoms with Crippen molar-refractivity contribution >= 4 is 29.0 Å². The lowest BCUT2D eigenvalue weighted by Crippen LogP contribution is -2.31. The van der Waals surface area contributed by atoms with E-state index in [9.17, 15) is 14.4 Å². The van der Waals surface area contributed by atoms with Crippen LogP contribution in [-0.4, -0.2) is 27.6 Å². The molecule has 1 heterocycles. The number of benzene rings is 2. The standard InChI is InChI=1S/C22H20ClN3O4/c1-13-7-8-17(23)12-19(13)26-21(28)10-9-20(25-26)30-15(3)22(29)24-18-6-4-5-16(11-18)14(2)27/h4-12,15H,1-3H3,(H,24,29). The molecule has 0 aliphatic heterocycles. The first-order valence-corrected chi connectivity index (χ1v) is 9.58. The molecule has 2 aromatic carbocycles. The summed E-state index contributed by atoms with van der Waals surface area (Å²) in [5.74, 6) is -0.415. The largest absolute Gasteiger partial charge is 0.463 e. The van der Waals surface area contributed by atoms with Crippen LogP contribution in [0.4, 0.5) is 5.69 Å². The Hall–Kier alpha value is -3.45. The second-order valence-corrected chi connectivity index (χ2v) is 7.18. The van der Waals surface area contributed by atoms with Gasteiger partial charge in [-0.2, -0.15) is 4.68 Å². The van der Waals surface area contributed by atoms with E-state index in [-0.39, 0.29) is 17.2 Å². The summed E-state index contributed by atoms with van der Waals surface area (Å²) in [7, 11) is 0. The Kier molecular flexibility index (Phi) is 6.32. The molecule has 154 valence electrons. The molecule has 1 N–H and O–H groups in total. The van der Waals surface area contributed by atoms with Crippen molar-refractivity contribution in [2.75, 3.05) is 5.32 Å². The van der Waals surface area contributed by atoms with Crippen molar-refractivity contribution in [1.82, 2.24) is 9.78 Å². The molecule has 0 saturated heterocycles. The predicted octanol–water partition coefficient (Wildman–Crippen LogP) is 3.80. The first-order chi connectivity index (χ1) is 14.2. The summed E-state index contributed by atoms with van der Waals surface area (Å²) in [5, 5.41) is 7.38. The number of amides is 1. The molecular weight excluding hydrogens is 406 g/mol. The van der Waals surface area contributed by atoms with Crippen LogP contribution in [0.25, 0.3) is 5.69 Å². The molecule has 30 heavy (non-hydrogen) atoms. The number of nitrogens with zero attached hydrogens (tertiary/aromatic N) is 2. The van der Waals surface area contributed by atoms with E-state index in [2.05, 4.69) is 10.4 Å². The number of aryl methyl sites for hydroxylation is 1. The van der Waals surface area contributed by atoms with Crippen LogP contribution >= 0.6 is 11.6 Å². The average Bonchev–Trinajstić information content (AvgIpc) is 2.71. The predicted molar refractivity (Wildman–Crippen MR) is 115 cm³/mol. The third-order valence-corrected chi connectivity index (χ3v) is 4.61. The zero-order valence-corrected chi connectivity index (χ0v) is 17.4. The number of hydrogen-bond donors (Lipinski definition) is 1. The number of halogens is 1. The van der Waals surface area contributed by atoms with Crippen molar-refractivity contribution in [3.63, 3.8) is 0 Å². The monoisotopic (exact) mass is 425 g/mol. The molecule has 0 bridgehead atoms. The van der Waals surface area contributed by atoms with Crippen LogP contribution in [0.2, 0.25) is 5.02 Å². The number of carbonyl (C=O) groups excluding carboxylic acids is 2. The van der Waals surface area contributed by atoms with E-state index >= 15 is 0 Å². The normalized spacial score (nSPS) is 11.6. The summed E-state index contributed by atoms with van der Waals surface area (Å²) in [5.41, 5.74) is 1.95. The second kappa shape index (κ2) is 8.92. The number of ether oxygens (including phenoxy) is 1. The highest BCUT2D eigenvalue weighted by atomic mass is 35.5. The lowest BCUT2D eigenvalue weighted by Gasteiger charge is -2.15. The fraction of sp³-hybridized carbons (Fsp3) is 0.182. The van der Waals surface area contributed by atoms with E-state index in [1.54, 1.807) is 49.4 Å². The topological polar surface area (TPSA) is 90.3 Å². The molecule has 0 fully saturated rings. The average molecular weight is 426 g/mol. The second-order valence-electron chi connectivity index (χ2n) is 6.74. The van der Waals surface area contributed by atoms with Gasteiger partial charge in [0, 0.05) is 28.4 Å². The molecule has 0 aliphatic rings. The molecule has 7 nitrogen and oxygen atoms in total. The van der Waals surface area contributed by atoms with Crippen molar-refractivity contribution in [3.05, 3.63) is 81.1 Å². The smallest absolute Gasteiger partial charge is 0.271 e. The molecule has 3 aromatic rings. The van der Waals surface area contributed by atoms with Gasteiger partial charge >= 0.3 is 0 Å². The zero-order valence-electron chi connectivity index (χ0n) is 16.7. The lowest BCUT2D eigenvalue weighted by atomic mass is 10.1. The van der Waals surface area contributed by atoms with Crippen molar-refractivity contribution < 1.29 is 14.3 Å². The number of Topliss-reactive ketones (excluding diaryl/α,β-unsaturated/α-hetero) is 1. The summed E-state index contributed by atoms with van der Waals surface area (Å²) in [6, 6.07) is 14.5. The fourth-order valence-corrected chi connectivity index (χ4v) is 2.90. The van der Waals surface area contributed by atoms with Gasteiger partial charge in [-0.1, -0.05) is 29.8 Å². The van der Waals surface area contributed by atoms with Gasteiger partial charge in [-0.05, 0) is 50.6 Å². The summed E-state index contributed by atoms with van der Waals surface area (Å²) in [4.78, 5) is 36.3. The minimum absolute atomic E-state index is 0.0989. The number of hydrogen-bond acceptors (Lipinski definition) is 5. The highest BCUT2D eigenvalue weighted by Crippen LogP contribution is 2.19. The molecule has 1 unspecified atom stereocenters. The lowest BCUT2D eigenvalue weighted by molar-refractivity contribution is -0.122. The van der Waals surface area contributed by atoms with Gasteiger partial charge in [0.15, 0.2) is 11.9 Å². The van der Waals surface area contributed by atoms with Gasteiger partial charge in [0.25, 0.3) is 11.5 Å². The molecule has 0 radical (unpaired) electrons. The highest BCUT2D eigenvalue weighted by molar-refractivity contribution is 6.30. The Morgan fingerprint density at radius 1 is 1.13 bits per heavy atom. The van der Waals surface area contributed by atoms with Crippen molar-refractivity contribution in [1.29, 1.82) is 0 Å². The maximum atomic E-state index is 12.5. The fourth-order valence-electron chi connectivity index (χ4n) is 2.73. The molecule has 1 aromatic heterocycles. The molecule has 0 saturated carbocycles. The molecule has 1 atom stereocenters. The Morgan fingerprint density at radius 3 is 2.63 bits per heavy atom. The van der Waals surface area contributed by atoms with Crippen LogP contribution in [0.15, 0.2) is 59.4 Å².